The van der Waals surface area contributed by atoms with Gasteiger partial charge in [-0.3, -0.25) is 0 Å². The van der Waals surface area contributed by atoms with E-state index in [-0.39, 0.29) is 22.4 Å². The Labute approximate surface area is 152 Å². The van der Waals surface area contributed by atoms with Crippen molar-refractivity contribution in [2.24, 2.45) is 0 Å². The molecule has 0 aliphatic rings. The quantitative estimate of drug-likeness (QED) is 0.584. The Bertz CT molecular complexity index is 1120. The first-order chi connectivity index (χ1) is 12.6. The summed E-state index contributed by atoms with van der Waals surface area (Å²) in [7, 11) is -3.83. The predicted molar refractivity (Wildman–Crippen MR) is 90.1 cm³/mol. The van der Waals surface area contributed by atoms with Gasteiger partial charge in [0.1, 0.15) is 22.2 Å². The first-order valence-corrected chi connectivity index (χ1v) is 9.53. The fourth-order valence-electron chi connectivity index (χ4n) is 2.62. The summed E-state index contributed by atoms with van der Waals surface area (Å²) in [6.45, 7) is 1.53. The molecule has 0 saturated heterocycles. The van der Waals surface area contributed by atoms with Crippen LogP contribution in [0.1, 0.15) is 17.7 Å². The number of sulfone groups is 1. The SMILES string of the molecule is Cc1ccc(-c2noc(C(F)F)c2-c2ccc(S(C)(=O)=O)c(F)c2)cc1F. The van der Waals surface area contributed by atoms with E-state index < -0.39 is 38.6 Å². The summed E-state index contributed by atoms with van der Waals surface area (Å²) in [6, 6.07) is 6.97. The lowest BCUT2D eigenvalue weighted by Gasteiger charge is -2.08. The largest absolute Gasteiger partial charge is 0.354 e. The van der Waals surface area contributed by atoms with Crippen LogP contribution < -0.4 is 0 Å². The normalized spacial score (nSPS) is 12.0. The standard InChI is InChI=1S/C18H13F4NO3S/c1-9-3-4-11(8-12(9)19)16-15(17(18(21)22)26-23-16)10-5-6-14(13(20)7-10)27(2,24)25/h3-8,18H,1-2H3. The van der Waals surface area contributed by atoms with E-state index in [1.165, 1.54) is 25.1 Å². The van der Waals surface area contributed by atoms with Crippen LogP contribution in [0.3, 0.4) is 0 Å². The van der Waals surface area contributed by atoms with Crippen molar-refractivity contribution in [3.63, 3.8) is 0 Å². The molecule has 0 aliphatic heterocycles. The second-order valence-electron chi connectivity index (χ2n) is 5.95. The maximum Gasteiger partial charge on any atom is 0.298 e. The molecule has 0 amide bonds. The fraction of sp³-hybridized carbons (Fsp3) is 0.167. The molecule has 0 unspecified atom stereocenters. The number of alkyl halides is 2. The van der Waals surface area contributed by atoms with Gasteiger partial charge in [0.15, 0.2) is 9.84 Å². The monoisotopic (exact) mass is 399 g/mol. The van der Waals surface area contributed by atoms with Gasteiger partial charge in [0.05, 0.1) is 5.56 Å². The van der Waals surface area contributed by atoms with E-state index in [2.05, 4.69) is 5.16 Å². The molecule has 27 heavy (non-hydrogen) atoms. The third kappa shape index (κ3) is 3.59. The number of halogens is 4. The predicted octanol–water partition coefficient (Wildman–Crippen LogP) is 4.94. The minimum atomic E-state index is -3.83. The van der Waals surface area contributed by atoms with Crippen LogP contribution in [-0.4, -0.2) is 19.8 Å². The van der Waals surface area contributed by atoms with Crippen LogP contribution in [0.4, 0.5) is 17.6 Å². The molecule has 9 heteroatoms. The molecular weight excluding hydrogens is 386 g/mol. The smallest absolute Gasteiger partial charge is 0.298 e. The lowest BCUT2D eigenvalue weighted by atomic mass is 9.98. The first kappa shape index (κ1) is 19.1. The van der Waals surface area contributed by atoms with E-state index >= 15 is 0 Å². The third-order valence-corrected chi connectivity index (χ3v) is 5.11. The summed E-state index contributed by atoms with van der Waals surface area (Å²) in [6.07, 6.45) is -2.23. The van der Waals surface area contributed by atoms with Gasteiger partial charge in [-0.05, 0) is 36.2 Å². The molecule has 0 radical (unpaired) electrons. The van der Waals surface area contributed by atoms with Crippen molar-refractivity contribution in [1.29, 1.82) is 0 Å². The van der Waals surface area contributed by atoms with Gasteiger partial charge in [0, 0.05) is 11.8 Å². The average molecular weight is 399 g/mol. The highest BCUT2D eigenvalue weighted by Crippen LogP contribution is 2.40. The van der Waals surface area contributed by atoms with Gasteiger partial charge in [-0.2, -0.15) is 0 Å². The molecule has 4 nitrogen and oxygen atoms in total. The minimum Gasteiger partial charge on any atom is -0.354 e. The highest BCUT2D eigenvalue weighted by molar-refractivity contribution is 7.90. The van der Waals surface area contributed by atoms with Crippen molar-refractivity contribution in [2.45, 2.75) is 18.2 Å². The molecule has 1 aromatic heterocycles. The van der Waals surface area contributed by atoms with Gasteiger partial charge >= 0.3 is 0 Å². The molecule has 0 atom stereocenters. The van der Waals surface area contributed by atoms with E-state index in [0.717, 1.165) is 24.5 Å². The number of nitrogens with zero attached hydrogens (tertiary/aromatic N) is 1. The van der Waals surface area contributed by atoms with E-state index in [4.69, 9.17) is 4.52 Å². The summed E-state index contributed by atoms with van der Waals surface area (Å²) < 4.78 is 82.7. The van der Waals surface area contributed by atoms with Gasteiger partial charge in [0.2, 0.25) is 5.76 Å². The van der Waals surface area contributed by atoms with Crippen LogP contribution >= 0.6 is 0 Å². The number of hydrogen-bond acceptors (Lipinski definition) is 4. The molecule has 142 valence electrons. The van der Waals surface area contributed by atoms with E-state index in [1.54, 1.807) is 0 Å². The van der Waals surface area contributed by atoms with E-state index in [9.17, 15) is 26.0 Å². The molecule has 0 bridgehead atoms. The highest BCUT2D eigenvalue weighted by atomic mass is 32.2. The van der Waals surface area contributed by atoms with Crippen LogP contribution in [-0.2, 0) is 9.84 Å². The number of hydrogen-bond donors (Lipinski definition) is 0. The van der Waals surface area contributed by atoms with Crippen molar-refractivity contribution in [3.05, 3.63) is 59.4 Å². The van der Waals surface area contributed by atoms with Crippen molar-refractivity contribution >= 4 is 9.84 Å². The lowest BCUT2D eigenvalue weighted by molar-refractivity contribution is 0.113. The maximum atomic E-state index is 14.2. The Morgan fingerprint density at radius 1 is 1.00 bits per heavy atom. The van der Waals surface area contributed by atoms with Crippen molar-refractivity contribution in [3.8, 4) is 22.4 Å². The van der Waals surface area contributed by atoms with Gasteiger partial charge in [-0.15, -0.1) is 0 Å². The summed E-state index contributed by atoms with van der Waals surface area (Å²) in [5.74, 6) is -2.49. The van der Waals surface area contributed by atoms with Crippen LogP contribution in [0.5, 0.6) is 0 Å². The van der Waals surface area contributed by atoms with Gasteiger partial charge < -0.3 is 4.52 Å². The maximum absolute atomic E-state index is 14.2. The van der Waals surface area contributed by atoms with Crippen LogP contribution in [0.25, 0.3) is 22.4 Å². The highest BCUT2D eigenvalue weighted by Gasteiger charge is 2.27. The van der Waals surface area contributed by atoms with Gasteiger partial charge in [0.25, 0.3) is 6.43 Å². The lowest BCUT2D eigenvalue weighted by Crippen LogP contribution is -2.01. The van der Waals surface area contributed by atoms with E-state index in [0.29, 0.717) is 5.56 Å². The van der Waals surface area contributed by atoms with Crippen LogP contribution in [0, 0.1) is 18.6 Å². The molecular formula is C18H13F4NO3S. The zero-order chi connectivity index (χ0) is 19.9. The Morgan fingerprint density at radius 3 is 2.19 bits per heavy atom. The number of aromatic nitrogens is 1. The Kier molecular flexibility index (Phi) is 4.81. The molecule has 3 aromatic rings. The first-order valence-electron chi connectivity index (χ1n) is 7.64. The molecule has 2 aromatic carbocycles. The van der Waals surface area contributed by atoms with Gasteiger partial charge in [-0.25, -0.2) is 26.0 Å². The van der Waals surface area contributed by atoms with Crippen LogP contribution in [0.15, 0.2) is 45.8 Å². The van der Waals surface area contributed by atoms with E-state index in [1.807, 2.05) is 0 Å². The number of aryl methyl sites for hydroxylation is 1. The molecule has 0 N–H and O–H groups in total. The average Bonchev–Trinajstić information content (AvgIpc) is 3.01. The zero-order valence-electron chi connectivity index (χ0n) is 14.1. The molecule has 0 aliphatic carbocycles. The topological polar surface area (TPSA) is 60.2 Å². The van der Waals surface area contributed by atoms with Crippen LogP contribution in [0.2, 0.25) is 0 Å². The number of rotatable bonds is 4. The second kappa shape index (κ2) is 6.80. The Hall–Kier alpha value is -2.68. The molecule has 0 spiro atoms. The summed E-state index contributed by atoms with van der Waals surface area (Å²) >= 11 is 0. The van der Waals surface area contributed by atoms with Crippen molar-refractivity contribution < 1.29 is 30.5 Å². The molecule has 0 saturated carbocycles. The summed E-state index contributed by atoms with van der Waals surface area (Å²) in [4.78, 5) is -0.566. The minimum absolute atomic E-state index is 0.0626. The van der Waals surface area contributed by atoms with Crippen molar-refractivity contribution in [2.75, 3.05) is 6.26 Å². The fourth-order valence-corrected chi connectivity index (χ4v) is 3.35. The second-order valence-corrected chi connectivity index (χ2v) is 7.94. The number of benzene rings is 2. The Balaban J connectivity index is 2.24. The summed E-state index contributed by atoms with van der Waals surface area (Å²) in [5, 5.41) is 3.59. The molecule has 3 rings (SSSR count). The third-order valence-electron chi connectivity index (χ3n) is 3.98. The van der Waals surface area contributed by atoms with Gasteiger partial charge in [-0.1, -0.05) is 23.4 Å². The molecule has 1 heterocycles. The van der Waals surface area contributed by atoms with Crippen molar-refractivity contribution in [1.82, 2.24) is 5.16 Å². The Morgan fingerprint density at radius 2 is 1.63 bits per heavy atom. The summed E-state index contributed by atoms with van der Waals surface area (Å²) in [5.41, 5.74) is 0.119. The zero-order valence-corrected chi connectivity index (χ0v) is 15.0. The molecule has 0 fully saturated rings.